The molecule has 0 saturated heterocycles. The Morgan fingerprint density at radius 1 is 1.37 bits per heavy atom. The number of hydrogen-bond acceptors (Lipinski definition) is 7. The van der Waals surface area contributed by atoms with Gasteiger partial charge in [-0.15, -0.1) is 5.10 Å². The number of allylic oxidation sites excluding steroid dienone is 1. The van der Waals surface area contributed by atoms with E-state index in [1.54, 1.807) is 30.7 Å². The van der Waals surface area contributed by atoms with Crippen LogP contribution in [0.25, 0.3) is 0 Å². The number of benzene rings is 1. The predicted octanol–water partition coefficient (Wildman–Crippen LogP) is 3.45. The van der Waals surface area contributed by atoms with Crippen molar-refractivity contribution in [1.82, 2.24) is 14.8 Å². The SMILES string of the molecule is CCOC(=O)C1=C(C)Nc2nc(SC)nn2[C@@H]1c1ccc(OC(F)F)cc1. The van der Waals surface area contributed by atoms with Crippen molar-refractivity contribution in [2.45, 2.75) is 31.7 Å². The van der Waals surface area contributed by atoms with E-state index in [0.717, 1.165) is 0 Å². The van der Waals surface area contributed by atoms with Crippen molar-refractivity contribution < 1.29 is 23.0 Å². The number of thioether (sulfide) groups is 1. The molecule has 1 aromatic carbocycles. The third-order valence-corrected chi connectivity index (χ3v) is 4.47. The zero-order valence-corrected chi connectivity index (χ0v) is 15.7. The Morgan fingerprint density at radius 2 is 2.07 bits per heavy atom. The number of carbonyl (C=O) groups excluding carboxylic acids is 1. The van der Waals surface area contributed by atoms with Crippen LogP contribution >= 0.6 is 11.8 Å². The highest BCUT2D eigenvalue weighted by atomic mass is 32.2. The van der Waals surface area contributed by atoms with E-state index in [9.17, 15) is 13.6 Å². The van der Waals surface area contributed by atoms with Gasteiger partial charge in [-0.1, -0.05) is 23.9 Å². The molecule has 1 N–H and O–H groups in total. The number of halogens is 2. The van der Waals surface area contributed by atoms with Crippen LogP contribution in [0, 0.1) is 0 Å². The summed E-state index contributed by atoms with van der Waals surface area (Å²) in [5.41, 5.74) is 1.64. The summed E-state index contributed by atoms with van der Waals surface area (Å²) in [4.78, 5) is 17.0. The summed E-state index contributed by atoms with van der Waals surface area (Å²) in [6.45, 7) is 0.800. The lowest BCUT2D eigenvalue weighted by Crippen LogP contribution is -2.29. The maximum Gasteiger partial charge on any atom is 0.387 e. The van der Waals surface area contributed by atoms with E-state index in [4.69, 9.17) is 4.74 Å². The summed E-state index contributed by atoms with van der Waals surface area (Å²) >= 11 is 1.37. The van der Waals surface area contributed by atoms with Crippen LogP contribution in [0.2, 0.25) is 0 Å². The standard InChI is InChI=1S/C17H18F2N4O3S/c1-4-25-14(24)12-9(2)20-16-21-17(27-3)22-23(16)13(12)10-5-7-11(8-6-10)26-15(18)19/h5-8,13,15H,4H2,1-3H3,(H,20,21,22)/t13-/m1/s1. The Bertz CT molecular complexity index is 868. The minimum atomic E-state index is -2.90. The Kier molecular flexibility index (Phi) is 5.64. The topological polar surface area (TPSA) is 78.3 Å². The smallest absolute Gasteiger partial charge is 0.387 e. The quantitative estimate of drug-likeness (QED) is 0.592. The molecular weight excluding hydrogens is 378 g/mol. The van der Waals surface area contributed by atoms with Gasteiger partial charge in [0.05, 0.1) is 12.2 Å². The largest absolute Gasteiger partial charge is 0.463 e. The Morgan fingerprint density at radius 3 is 2.67 bits per heavy atom. The summed E-state index contributed by atoms with van der Waals surface area (Å²) in [5, 5.41) is 8.05. The normalized spacial score (nSPS) is 16.1. The van der Waals surface area contributed by atoms with Crippen molar-refractivity contribution in [1.29, 1.82) is 0 Å². The molecule has 3 rings (SSSR count). The molecule has 0 fully saturated rings. The van der Waals surface area contributed by atoms with Crippen molar-refractivity contribution in [3.05, 3.63) is 41.1 Å². The third-order valence-electron chi connectivity index (χ3n) is 3.93. The lowest BCUT2D eigenvalue weighted by molar-refractivity contribution is -0.139. The third kappa shape index (κ3) is 3.90. The number of nitrogens with one attached hydrogen (secondary N) is 1. The number of aromatic nitrogens is 3. The summed E-state index contributed by atoms with van der Waals surface area (Å²) in [7, 11) is 0. The molecular formula is C17H18F2N4O3S. The number of rotatable bonds is 6. The molecule has 1 aromatic heterocycles. The molecule has 0 aliphatic carbocycles. The molecule has 0 bridgehead atoms. The molecule has 1 atom stereocenters. The second kappa shape index (κ2) is 7.95. The van der Waals surface area contributed by atoms with Crippen LogP contribution in [-0.4, -0.2) is 40.2 Å². The Labute approximate surface area is 158 Å². The van der Waals surface area contributed by atoms with Gasteiger partial charge in [-0.05, 0) is 37.8 Å². The number of carbonyl (C=O) groups is 1. The predicted molar refractivity (Wildman–Crippen MR) is 96.0 cm³/mol. The number of alkyl halides is 2. The monoisotopic (exact) mass is 396 g/mol. The van der Waals surface area contributed by atoms with Crippen LogP contribution < -0.4 is 10.1 Å². The molecule has 144 valence electrons. The fraction of sp³-hybridized carbons (Fsp3) is 0.353. The van der Waals surface area contributed by atoms with Gasteiger partial charge in [0.15, 0.2) is 0 Å². The highest BCUT2D eigenvalue weighted by Crippen LogP contribution is 2.37. The van der Waals surface area contributed by atoms with Crippen LogP contribution in [0.15, 0.2) is 40.7 Å². The highest BCUT2D eigenvalue weighted by Gasteiger charge is 2.35. The molecule has 0 saturated carbocycles. The number of anilines is 1. The molecule has 0 unspecified atom stereocenters. The molecule has 0 amide bonds. The van der Waals surface area contributed by atoms with Gasteiger partial charge in [0.2, 0.25) is 11.1 Å². The van der Waals surface area contributed by atoms with Crippen molar-refractivity contribution in [2.24, 2.45) is 0 Å². The highest BCUT2D eigenvalue weighted by molar-refractivity contribution is 7.98. The average molecular weight is 396 g/mol. The molecule has 27 heavy (non-hydrogen) atoms. The van der Waals surface area contributed by atoms with Crippen LogP contribution in [0.3, 0.4) is 0 Å². The first-order chi connectivity index (χ1) is 12.9. The van der Waals surface area contributed by atoms with Crippen LogP contribution in [-0.2, 0) is 9.53 Å². The van der Waals surface area contributed by atoms with Gasteiger partial charge in [-0.25, -0.2) is 9.48 Å². The van der Waals surface area contributed by atoms with E-state index < -0.39 is 18.6 Å². The zero-order valence-electron chi connectivity index (χ0n) is 14.9. The first kappa shape index (κ1) is 19.2. The minimum absolute atomic E-state index is 0.0321. The van der Waals surface area contributed by atoms with Gasteiger partial charge in [0, 0.05) is 5.70 Å². The van der Waals surface area contributed by atoms with E-state index in [2.05, 4.69) is 20.1 Å². The lowest BCUT2D eigenvalue weighted by atomic mass is 9.96. The van der Waals surface area contributed by atoms with E-state index in [1.807, 2.05) is 6.26 Å². The van der Waals surface area contributed by atoms with Crippen molar-refractivity contribution in [3.8, 4) is 5.75 Å². The molecule has 7 nitrogen and oxygen atoms in total. The van der Waals surface area contributed by atoms with Crippen molar-refractivity contribution >= 4 is 23.7 Å². The van der Waals surface area contributed by atoms with Crippen LogP contribution in [0.4, 0.5) is 14.7 Å². The number of ether oxygens (including phenoxy) is 2. The van der Waals surface area contributed by atoms with E-state index in [0.29, 0.717) is 27.9 Å². The Balaban J connectivity index is 2.06. The van der Waals surface area contributed by atoms with Crippen molar-refractivity contribution in [2.75, 3.05) is 18.2 Å². The molecule has 1 aliphatic rings. The summed E-state index contributed by atoms with van der Waals surface area (Å²) in [6, 6.07) is 5.48. The number of nitrogens with zero attached hydrogens (tertiary/aromatic N) is 3. The molecule has 10 heteroatoms. The van der Waals surface area contributed by atoms with Gasteiger partial charge in [0.1, 0.15) is 11.8 Å². The summed E-state index contributed by atoms with van der Waals surface area (Å²) in [6.07, 6.45) is 1.85. The van der Waals surface area contributed by atoms with E-state index in [1.165, 1.54) is 23.9 Å². The molecule has 1 aliphatic heterocycles. The summed E-state index contributed by atoms with van der Waals surface area (Å²) < 4.78 is 36.0. The van der Waals surface area contributed by atoms with Gasteiger partial charge in [0.25, 0.3) is 0 Å². The molecule has 0 radical (unpaired) electrons. The van der Waals surface area contributed by atoms with Crippen LogP contribution in [0.1, 0.15) is 25.5 Å². The molecule has 2 heterocycles. The average Bonchev–Trinajstić information content (AvgIpc) is 3.03. The fourth-order valence-corrected chi connectivity index (χ4v) is 3.18. The number of fused-ring (bicyclic) bond motifs is 1. The Hall–Kier alpha value is -2.62. The van der Waals surface area contributed by atoms with E-state index >= 15 is 0 Å². The first-order valence-electron chi connectivity index (χ1n) is 8.14. The maximum absolute atomic E-state index is 12.6. The summed E-state index contributed by atoms with van der Waals surface area (Å²) in [5.74, 6) is 0.0414. The number of esters is 1. The second-order valence-corrected chi connectivity index (χ2v) is 6.37. The first-order valence-corrected chi connectivity index (χ1v) is 9.37. The second-order valence-electron chi connectivity index (χ2n) is 5.60. The van der Waals surface area contributed by atoms with Gasteiger partial charge in [-0.3, -0.25) is 0 Å². The van der Waals surface area contributed by atoms with E-state index in [-0.39, 0.29) is 12.4 Å². The minimum Gasteiger partial charge on any atom is -0.463 e. The zero-order chi connectivity index (χ0) is 19.6. The fourth-order valence-electron chi connectivity index (χ4n) is 2.83. The van der Waals surface area contributed by atoms with Gasteiger partial charge < -0.3 is 14.8 Å². The van der Waals surface area contributed by atoms with Crippen LogP contribution in [0.5, 0.6) is 5.75 Å². The van der Waals surface area contributed by atoms with Gasteiger partial charge in [-0.2, -0.15) is 13.8 Å². The molecule has 0 spiro atoms. The number of hydrogen-bond donors (Lipinski definition) is 1. The molecule has 2 aromatic rings. The lowest BCUT2D eigenvalue weighted by Gasteiger charge is -2.28. The maximum atomic E-state index is 12.6. The van der Waals surface area contributed by atoms with Gasteiger partial charge >= 0.3 is 12.6 Å². The van der Waals surface area contributed by atoms with Crippen molar-refractivity contribution in [3.63, 3.8) is 0 Å².